The van der Waals surface area contributed by atoms with Crippen molar-refractivity contribution in [1.29, 1.82) is 0 Å². The lowest BCUT2D eigenvalue weighted by Crippen LogP contribution is -2.39. The molecule has 0 radical (unpaired) electrons. The summed E-state index contributed by atoms with van der Waals surface area (Å²) in [6.45, 7) is 0.140. The minimum absolute atomic E-state index is 0.140. The van der Waals surface area contributed by atoms with Gasteiger partial charge in [0.15, 0.2) is 0 Å². The lowest BCUT2D eigenvalue weighted by Gasteiger charge is -2.08. The van der Waals surface area contributed by atoms with Gasteiger partial charge in [0.25, 0.3) is 0 Å². The second kappa shape index (κ2) is 4.48. The van der Waals surface area contributed by atoms with Crippen molar-refractivity contribution in [3.05, 3.63) is 62.7 Å². The quantitative estimate of drug-likeness (QED) is 0.615. The molecule has 1 aromatic heterocycles. The maximum atomic E-state index is 12.9. The molecule has 5 nitrogen and oxygen atoms in total. The first-order chi connectivity index (χ1) is 8.49. The zero-order valence-electron chi connectivity index (χ0n) is 9.76. The van der Waals surface area contributed by atoms with Crippen molar-refractivity contribution in [2.75, 3.05) is 5.73 Å². The topological polar surface area (TPSA) is 70.0 Å². The smallest absolute Gasteiger partial charge is 0.316 e. The SMILES string of the molecule is Cn1ccn(Cc2ccc(F)cc2N)c(=O)c1=O. The number of nitrogen functional groups attached to an aromatic ring is 1. The molecule has 2 aromatic rings. The molecule has 0 atom stereocenters. The van der Waals surface area contributed by atoms with Crippen LogP contribution in [0.1, 0.15) is 5.56 Å². The first-order valence-electron chi connectivity index (χ1n) is 5.29. The maximum Gasteiger partial charge on any atom is 0.316 e. The third-order valence-electron chi connectivity index (χ3n) is 2.68. The molecule has 0 aliphatic rings. The Morgan fingerprint density at radius 3 is 2.61 bits per heavy atom. The third-order valence-corrected chi connectivity index (χ3v) is 2.68. The Balaban J connectivity index is 2.44. The number of aryl methyl sites for hydroxylation is 1. The van der Waals surface area contributed by atoms with Gasteiger partial charge in [0.05, 0.1) is 6.54 Å². The first-order valence-corrected chi connectivity index (χ1v) is 5.29. The summed E-state index contributed by atoms with van der Waals surface area (Å²) in [5.41, 5.74) is 5.24. The van der Waals surface area contributed by atoms with Gasteiger partial charge in [-0.15, -0.1) is 0 Å². The average Bonchev–Trinajstić information content (AvgIpc) is 2.33. The van der Waals surface area contributed by atoms with E-state index in [4.69, 9.17) is 5.73 Å². The van der Waals surface area contributed by atoms with E-state index in [-0.39, 0.29) is 12.2 Å². The number of nitrogens with two attached hydrogens (primary N) is 1. The highest BCUT2D eigenvalue weighted by atomic mass is 19.1. The van der Waals surface area contributed by atoms with Crippen molar-refractivity contribution in [3.63, 3.8) is 0 Å². The van der Waals surface area contributed by atoms with Crippen LogP contribution >= 0.6 is 0 Å². The van der Waals surface area contributed by atoms with Gasteiger partial charge in [-0.05, 0) is 17.7 Å². The lowest BCUT2D eigenvalue weighted by atomic mass is 10.2. The van der Waals surface area contributed by atoms with Crippen LogP contribution in [0.25, 0.3) is 0 Å². The van der Waals surface area contributed by atoms with Gasteiger partial charge in [0.2, 0.25) is 0 Å². The van der Waals surface area contributed by atoms with E-state index in [2.05, 4.69) is 0 Å². The normalized spacial score (nSPS) is 10.6. The molecule has 1 aromatic carbocycles. The monoisotopic (exact) mass is 249 g/mol. The lowest BCUT2D eigenvalue weighted by molar-refractivity contribution is 0.626. The van der Waals surface area contributed by atoms with Crippen LogP contribution in [0.2, 0.25) is 0 Å². The van der Waals surface area contributed by atoms with Crippen LogP contribution in [0.5, 0.6) is 0 Å². The van der Waals surface area contributed by atoms with E-state index in [0.717, 1.165) is 0 Å². The number of hydrogen-bond donors (Lipinski definition) is 1. The zero-order valence-corrected chi connectivity index (χ0v) is 9.76. The second-order valence-corrected chi connectivity index (χ2v) is 3.99. The van der Waals surface area contributed by atoms with E-state index in [1.807, 2.05) is 0 Å². The molecule has 0 unspecified atom stereocenters. The van der Waals surface area contributed by atoms with E-state index in [1.165, 1.54) is 46.8 Å². The molecule has 18 heavy (non-hydrogen) atoms. The van der Waals surface area contributed by atoms with Gasteiger partial charge in [0, 0.05) is 25.1 Å². The van der Waals surface area contributed by atoms with Gasteiger partial charge in [-0.1, -0.05) is 6.07 Å². The molecule has 0 aliphatic carbocycles. The van der Waals surface area contributed by atoms with Crippen molar-refractivity contribution in [2.45, 2.75) is 6.54 Å². The molecule has 0 saturated heterocycles. The molecule has 0 spiro atoms. The molecule has 94 valence electrons. The maximum absolute atomic E-state index is 12.9. The fraction of sp³-hybridized carbons (Fsp3) is 0.167. The van der Waals surface area contributed by atoms with Gasteiger partial charge in [0.1, 0.15) is 5.82 Å². The summed E-state index contributed by atoms with van der Waals surface area (Å²) in [4.78, 5) is 23.1. The third kappa shape index (κ3) is 2.17. The van der Waals surface area contributed by atoms with E-state index >= 15 is 0 Å². The number of nitrogens with zero attached hydrogens (tertiary/aromatic N) is 2. The summed E-state index contributed by atoms with van der Waals surface area (Å²) < 4.78 is 15.3. The average molecular weight is 249 g/mol. The summed E-state index contributed by atoms with van der Waals surface area (Å²) in [6, 6.07) is 3.94. The number of rotatable bonds is 2. The predicted molar refractivity (Wildman–Crippen MR) is 65.9 cm³/mol. The van der Waals surface area contributed by atoms with Gasteiger partial charge in [-0.25, -0.2) is 4.39 Å². The van der Waals surface area contributed by atoms with Crippen molar-refractivity contribution in [3.8, 4) is 0 Å². The molecule has 1 heterocycles. The van der Waals surface area contributed by atoms with Crippen molar-refractivity contribution in [2.24, 2.45) is 7.05 Å². The molecule has 2 N–H and O–H groups in total. The fourth-order valence-corrected chi connectivity index (χ4v) is 1.61. The van der Waals surface area contributed by atoms with Crippen LogP contribution in [0, 0.1) is 5.82 Å². The summed E-state index contributed by atoms with van der Waals surface area (Å²) in [6.07, 6.45) is 2.98. The molecule has 0 aliphatic heterocycles. The number of aromatic nitrogens is 2. The van der Waals surface area contributed by atoms with Gasteiger partial charge in [-0.2, -0.15) is 0 Å². The van der Waals surface area contributed by atoms with Crippen LogP contribution in [0.3, 0.4) is 0 Å². The van der Waals surface area contributed by atoms with Crippen molar-refractivity contribution < 1.29 is 4.39 Å². The molecule has 6 heteroatoms. The molecule has 0 amide bonds. The summed E-state index contributed by atoms with van der Waals surface area (Å²) in [7, 11) is 1.50. The molecule has 0 bridgehead atoms. The van der Waals surface area contributed by atoms with Crippen LogP contribution in [-0.4, -0.2) is 9.13 Å². The summed E-state index contributed by atoms with van der Waals surface area (Å²) >= 11 is 0. The zero-order chi connectivity index (χ0) is 13.3. The van der Waals surface area contributed by atoms with Crippen LogP contribution in [-0.2, 0) is 13.6 Å². The first kappa shape index (κ1) is 12.1. The number of halogens is 1. The highest BCUT2D eigenvalue weighted by molar-refractivity contribution is 5.46. The second-order valence-electron chi connectivity index (χ2n) is 3.99. The standard InChI is InChI=1S/C12H12FN3O2/c1-15-4-5-16(12(18)11(15)17)7-8-2-3-9(13)6-10(8)14/h2-6H,7,14H2,1H3. The van der Waals surface area contributed by atoms with Crippen molar-refractivity contribution in [1.82, 2.24) is 9.13 Å². The van der Waals surface area contributed by atoms with E-state index in [0.29, 0.717) is 5.56 Å². The molecular formula is C12H12FN3O2. The van der Waals surface area contributed by atoms with Crippen LogP contribution in [0.4, 0.5) is 10.1 Å². The highest BCUT2D eigenvalue weighted by Crippen LogP contribution is 2.13. The van der Waals surface area contributed by atoms with E-state index in [9.17, 15) is 14.0 Å². The Hall–Kier alpha value is -2.37. The summed E-state index contributed by atoms with van der Waals surface area (Å²) in [5, 5.41) is 0. The molecule has 0 fully saturated rings. The molecule has 2 rings (SSSR count). The van der Waals surface area contributed by atoms with E-state index < -0.39 is 16.9 Å². The Morgan fingerprint density at radius 1 is 1.22 bits per heavy atom. The summed E-state index contributed by atoms with van der Waals surface area (Å²) in [5.74, 6) is -0.437. The largest absolute Gasteiger partial charge is 0.398 e. The number of hydrogen-bond acceptors (Lipinski definition) is 3. The Morgan fingerprint density at radius 2 is 1.94 bits per heavy atom. The Kier molecular flexibility index (Phi) is 3.01. The minimum atomic E-state index is -0.635. The van der Waals surface area contributed by atoms with E-state index in [1.54, 1.807) is 0 Å². The van der Waals surface area contributed by atoms with Gasteiger partial charge < -0.3 is 14.9 Å². The highest BCUT2D eigenvalue weighted by Gasteiger charge is 2.06. The minimum Gasteiger partial charge on any atom is -0.398 e. The predicted octanol–water partition coefficient (Wildman–Crippen LogP) is 0.317. The molecule has 0 saturated carbocycles. The fourth-order valence-electron chi connectivity index (χ4n) is 1.61. The number of anilines is 1. The number of benzene rings is 1. The Bertz CT molecular complexity index is 703. The van der Waals surface area contributed by atoms with Crippen molar-refractivity contribution >= 4 is 5.69 Å². The van der Waals surface area contributed by atoms with Gasteiger partial charge >= 0.3 is 11.1 Å². The van der Waals surface area contributed by atoms with Gasteiger partial charge in [-0.3, -0.25) is 9.59 Å². The van der Waals surface area contributed by atoms with Crippen LogP contribution < -0.4 is 16.9 Å². The van der Waals surface area contributed by atoms with Crippen LogP contribution in [0.15, 0.2) is 40.2 Å². The molecular weight excluding hydrogens is 237 g/mol. The Labute approximate surface area is 102 Å².